The maximum atomic E-state index is 9.95. The van der Waals surface area contributed by atoms with E-state index in [2.05, 4.69) is 11.1 Å². The third-order valence-corrected chi connectivity index (χ3v) is 2.29. The maximum Gasteiger partial charge on any atom is 1.00 e. The minimum Gasteiger partial charge on any atom is -0.424 e. The fourth-order valence-electron chi connectivity index (χ4n) is 1.19. The Hall–Kier alpha value is 1.55. The van der Waals surface area contributed by atoms with E-state index in [0.717, 1.165) is 12.8 Å². The SMILES string of the molecule is CCCCCCCCCO[S-](=O)=O.[K+]. The van der Waals surface area contributed by atoms with Crippen molar-refractivity contribution in [3.8, 4) is 0 Å². The molecule has 0 aromatic heterocycles. The average molecular weight is 246 g/mol. The first-order chi connectivity index (χ1) is 6.27. The van der Waals surface area contributed by atoms with E-state index < -0.39 is 11.0 Å². The molecule has 0 spiro atoms. The number of unbranched alkanes of at least 4 members (excludes halogenated alkanes) is 6. The zero-order valence-electron chi connectivity index (χ0n) is 9.29. The van der Waals surface area contributed by atoms with Crippen LogP contribution in [0.25, 0.3) is 0 Å². The smallest absolute Gasteiger partial charge is 0.424 e. The van der Waals surface area contributed by atoms with Gasteiger partial charge in [0.05, 0.1) is 11.0 Å². The number of hydrogen-bond donors (Lipinski definition) is 0. The summed E-state index contributed by atoms with van der Waals surface area (Å²) in [5.41, 5.74) is 0. The molecule has 0 radical (unpaired) electrons. The molecule has 0 amide bonds. The van der Waals surface area contributed by atoms with Crippen molar-refractivity contribution in [3.05, 3.63) is 0 Å². The van der Waals surface area contributed by atoms with Crippen LogP contribution in [0.5, 0.6) is 0 Å². The van der Waals surface area contributed by atoms with Crippen LogP contribution < -0.4 is 51.4 Å². The molecule has 0 N–H and O–H groups in total. The van der Waals surface area contributed by atoms with E-state index in [0.29, 0.717) is 6.61 Å². The Bertz CT molecular complexity index is 163. The van der Waals surface area contributed by atoms with Crippen molar-refractivity contribution in [1.29, 1.82) is 0 Å². The molecule has 0 heterocycles. The molecule has 3 nitrogen and oxygen atoms in total. The second kappa shape index (κ2) is 14.5. The number of hydrogen-bond acceptors (Lipinski definition) is 4. The van der Waals surface area contributed by atoms with E-state index in [1.54, 1.807) is 0 Å². The summed E-state index contributed by atoms with van der Waals surface area (Å²) in [4.78, 5) is 0. The predicted molar refractivity (Wildman–Crippen MR) is 52.7 cm³/mol. The Balaban J connectivity index is 0. The van der Waals surface area contributed by atoms with Crippen LogP contribution in [0.15, 0.2) is 0 Å². The molecule has 0 aromatic rings. The summed E-state index contributed by atoms with van der Waals surface area (Å²) in [7, 11) is -2.33. The summed E-state index contributed by atoms with van der Waals surface area (Å²) in [6.45, 7) is 2.53. The van der Waals surface area contributed by atoms with Crippen molar-refractivity contribution in [1.82, 2.24) is 0 Å². The first kappa shape index (κ1) is 17.9. The Morgan fingerprint density at radius 1 is 0.929 bits per heavy atom. The van der Waals surface area contributed by atoms with E-state index in [1.165, 1.54) is 32.1 Å². The van der Waals surface area contributed by atoms with Crippen LogP contribution in [-0.4, -0.2) is 6.61 Å². The molecule has 14 heavy (non-hydrogen) atoms. The zero-order chi connectivity index (χ0) is 9.94. The van der Waals surface area contributed by atoms with Gasteiger partial charge >= 0.3 is 51.4 Å². The van der Waals surface area contributed by atoms with Gasteiger partial charge in [-0.2, -0.15) is 0 Å². The van der Waals surface area contributed by atoms with Crippen molar-refractivity contribution in [2.45, 2.75) is 51.9 Å². The molecule has 0 aliphatic heterocycles. The van der Waals surface area contributed by atoms with Crippen LogP contribution in [0.2, 0.25) is 0 Å². The van der Waals surface area contributed by atoms with E-state index in [4.69, 9.17) is 0 Å². The topological polar surface area (TPSA) is 43.4 Å². The summed E-state index contributed by atoms with van der Waals surface area (Å²) in [6, 6.07) is 0. The van der Waals surface area contributed by atoms with Gasteiger partial charge in [-0.1, -0.05) is 45.4 Å². The van der Waals surface area contributed by atoms with Gasteiger partial charge < -0.3 is 12.6 Å². The van der Waals surface area contributed by atoms with E-state index >= 15 is 0 Å². The summed E-state index contributed by atoms with van der Waals surface area (Å²) < 4.78 is 24.3. The molecule has 0 saturated carbocycles. The Kier molecular flexibility index (Phi) is 18.6. The molecule has 0 unspecified atom stereocenters. The maximum absolute atomic E-state index is 9.95. The molecule has 0 rings (SSSR count). The van der Waals surface area contributed by atoms with E-state index in [1.807, 2.05) is 0 Å². The molecule has 0 aliphatic carbocycles. The van der Waals surface area contributed by atoms with Crippen LogP contribution in [-0.2, 0) is 23.6 Å². The van der Waals surface area contributed by atoms with E-state index in [9.17, 15) is 8.42 Å². The summed E-state index contributed by atoms with van der Waals surface area (Å²) in [6.07, 6.45) is 8.23. The first-order valence-electron chi connectivity index (χ1n) is 5.00. The van der Waals surface area contributed by atoms with Gasteiger partial charge in [-0.05, 0) is 6.42 Å². The van der Waals surface area contributed by atoms with Crippen LogP contribution in [0.3, 0.4) is 0 Å². The summed E-state index contributed by atoms with van der Waals surface area (Å²) in [5, 5.41) is 0. The van der Waals surface area contributed by atoms with Gasteiger partial charge in [0.25, 0.3) is 0 Å². The van der Waals surface area contributed by atoms with Crippen molar-refractivity contribution in [2.24, 2.45) is 0 Å². The summed E-state index contributed by atoms with van der Waals surface area (Å²) in [5.74, 6) is 0. The molecular formula is C9H19KO3S. The van der Waals surface area contributed by atoms with Gasteiger partial charge in [-0.25, -0.2) is 0 Å². The van der Waals surface area contributed by atoms with Gasteiger partial charge in [-0.3, -0.25) is 0 Å². The fourth-order valence-corrected chi connectivity index (χ4v) is 1.44. The molecule has 5 heteroatoms. The van der Waals surface area contributed by atoms with Gasteiger partial charge in [0.2, 0.25) is 0 Å². The minimum atomic E-state index is -2.33. The summed E-state index contributed by atoms with van der Waals surface area (Å²) >= 11 is 0. The zero-order valence-corrected chi connectivity index (χ0v) is 13.2. The Morgan fingerprint density at radius 3 is 1.93 bits per heavy atom. The standard InChI is InChI=1S/C9H19O3S.K/c1-2-3-4-5-6-7-8-9-12-13(10)11;/h2-9H2,1H3;/q-1;+1. The van der Waals surface area contributed by atoms with Crippen LogP contribution in [0.1, 0.15) is 51.9 Å². The second-order valence-corrected chi connectivity index (χ2v) is 3.79. The van der Waals surface area contributed by atoms with Gasteiger partial charge in [-0.15, -0.1) is 0 Å². The van der Waals surface area contributed by atoms with Crippen molar-refractivity contribution < 1.29 is 64.0 Å². The van der Waals surface area contributed by atoms with Crippen LogP contribution >= 0.6 is 0 Å². The van der Waals surface area contributed by atoms with Crippen LogP contribution in [0.4, 0.5) is 0 Å². The molecule has 0 aliphatic rings. The Labute approximate surface area is 132 Å². The van der Waals surface area contributed by atoms with Crippen molar-refractivity contribution in [3.63, 3.8) is 0 Å². The molecule has 0 fully saturated rings. The van der Waals surface area contributed by atoms with Gasteiger partial charge in [0.15, 0.2) is 0 Å². The molecular weight excluding hydrogens is 227 g/mol. The third-order valence-electron chi connectivity index (χ3n) is 1.93. The normalized spacial score (nSPS) is 10.1. The van der Waals surface area contributed by atoms with Crippen LogP contribution in [0, 0.1) is 0 Å². The quantitative estimate of drug-likeness (QED) is 0.326. The number of rotatable bonds is 9. The molecule has 0 saturated heterocycles. The second-order valence-electron chi connectivity index (χ2n) is 3.15. The molecule has 80 valence electrons. The van der Waals surface area contributed by atoms with Gasteiger partial charge in [0, 0.05) is 6.61 Å². The fraction of sp³-hybridized carbons (Fsp3) is 1.00. The first-order valence-corrected chi connectivity index (χ1v) is 6.00. The Morgan fingerprint density at radius 2 is 1.43 bits per heavy atom. The third kappa shape index (κ3) is 16.0. The minimum absolute atomic E-state index is 0. The van der Waals surface area contributed by atoms with Gasteiger partial charge in [0.1, 0.15) is 0 Å². The monoisotopic (exact) mass is 246 g/mol. The van der Waals surface area contributed by atoms with Crippen molar-refractivity contribution in [2.75, 3.05) is 6.61 Å². The van der Waals surface area contributed by atoms with E-state index in [-0.39, 0.29) is 51.4 Å². The van der Waals surface area contributed by atoms with Crippen molar-refractivity contribution >= 4 is 11.0 Å². The average Bonchev–Trinajstić information content (AvgIpc) is 2.09. The predicted octanol–water partition coefficient (Wildman–Crippen LogP) is -0.0181. The molecule has 0 atom stereocenters. The molecule has 0 aromatic carbocycles. The molecule has 0 bridgehead atoms. The largest absolute Gasteiger partial charge is 1.00 e.